The van der Waals surface area contributed by atoms with Gasteiger partial charge < -0.3 is 11.1 Å². The molecule has 1 amide bonds. The molecule has 0 aromatic carbocycles. The van der Waals surface area contributed by atoms with Crippen molar-refractivity contribution in [1.82, 2.24) is 20.1 Å². The molecule has 0 aliphatic heterocycles. The Labute approximate surface area is 161 Å². The quantitative estimate of drug-likeness (QED) is 0.861. The van der Waals surface area contributed by atoms with Gasteiger partial charge in [0.1, 0.15) is 0 Å². The average Bonchev–Trinajstić information content (AvgIpc) is 3.17. The number of amides is 1. The number of fused-ring (bicyclic) bond motifs is 1. The molecule has 2 atom stereocenters. The lowest BCUT2D eigenvalue weighted by molar-refractivity contribution is 0.0930. The van der Waals surface area contributed by atoms with Gasteiger partial charge >= 0.3 is 0 Å². The number of aromatic nitrogens is 3. The van der Waals surface area contributed by atoms with Gasteiger partial charge in [-0.3, -0.25) is 4.79 Å². The molecule has 6 nitrogen and oxygen atoms in total. The third kappa shape index (κ3) is 3.72. The van der Waals surface area contributed by atoms with Gasteiger partial charge in [0, 0.05) is 11.7 Å². The molecule has 1 saturated carbocycles. The SMILES string of the molecule is Cc1nn(C(C)(C)C)c2nc(C(C)C)cc(C(=O)NC3CCCC3CN)c12. The molecule has 0 saturated heterocycles. The standard InChI is InChI=1S/C21H33N5O/c1-12(2)17-10-15(20(27)24-16-9-7-8-14(16)11-22)18-13(3)25-26(19(18)23-17)21(4,5)6/h10,12,14,16H,7-9,11,22H2,1-6H3,(H,24,27). The first-order valence-electron chi connectivity index (χ1n) is 10.0. The number of rotatable bonds is 4. The zero-order chi connectivity index (χ0) is 19.9. The van der Waals surface area contributed by atoms with Crippen LogP contribution in [0.15, 0.2) is 6.07 Å². The maximum absolute atomic E-state index is 13.2. The van der Waals surface area contributed by atoms with Crippen LogP contribution in [0.2, 0.25) is 0 Å². The maximum Gasteiger partial charge on any atom is 0.252 e. The molecule has 2 aromatic rings. The van der Waals surface area contributed by atoms with Crippen molar-refractivity contribution in [3.05, 3.63) is 23.0 Å². The number of nitrogens with two attached hydrogens (primary N) is 1. The van der Waals surface area contributed by atoms with E-state index in [0.717, 1.165) is 41.7 Å². The van der Waals surface area contributed by atoms with Crippen LogP contribution in [0.1, 0.15) is 81.5 Å². The summed E-state index contributed by atoms with van der Waals surface area (Å²) in [5.74, 6) is 0.563. The van der Waals surface area contributed by atoms with Crippen LogP contribution in [0.5, 0.6) is 0 Å². The van der Waals surface area contributed by atoms with E-state index in [-0.39, 0.29) is 23.4 Å². The Kier molecular flexibility index (Phi) is 5.30. The minimum absolute atomic E-state index is 0.0359. The van der Waals surface area contributed by atoms with E-state index in [2.05, 4.69) is 39.9 Å². The summed E-state index contributed by atoms with van der Waals surface area (Å²) in [5.41, 5.74) is 8.91. The third-order valence-electron chi connectivity index (χ3n) is 5.58. The van der Waals surface area contributed by atoms with Crippen LogP contribution in [0.3, 0.4) is 0 Å². The van der Waals surface area contributed by atoms with Gasteiger partial charge in [-0.25, -0.2) is 9.67 Å². The monoisotopic (exact) mass is 371 g/mol. The van der Waals surface area contributed by atoms with Crippen LogP contribution in [0.4, 0.5) is 0 Å². The summed E-state index contributed by atoms with van der Waals surface area (Å²) in [5, 5.41) is 8.82. The fraction of sp³-hybridized carbons (Fsp3) is 0.667. The van der Waals surface area contributed by atoms with Gasteiger partial charge in [0.15, 0.2) is 5.65 Å². The van der Waals surface area contributed by atoms with Gasteiger partial charge in [-0.2, -0.15) is 5.10 Å². The summed E-state index contributed by atoms with van der Waals surface area (Å²) in [6, 6.07) is 2.10. The molecule has 1 aliphatic carbocycles. The molecule has 2 unspecified atom stereocenters. The highest BCUT2D eigenvalue weighted by Gasteiger charge is 2.30. The molecule has 0 radical (unpaired) electrons. The number of pyridine rings is 1. The van der Waals surface area contributed by atoms with Gasteiger partial charge in [0.2, 0.25) is 0 Å². The van der Waals surface area contributed by atoms with Crippen LogP contribution >= 0.6 is 0 Å². The largest absolute Gasteiger partial charge is 0.349 e. The summed E-state index contributed by atoms with van der Waals surface area (Å²) < 4.78 is 1.94. The van der Waals surface area contributed by atoms with Crippen molar-refractivity contribution < 1.29 is 4.79 Å². The van der Waals surface area contributed by atoms with Crippen molar-refractivity contribution in [2.45, 2.75) is 78.3 Å². The fourth-order valence-electron chi connectivity index (χ4n) is 4.01. The molecule has 1 aliphatic rings. The van der Waals surface area contributed by atoms with E-state index in [1.807, 2.05) is 17.7 Å². The van der Waals surface area contributed by atoms with Gasteiger partial charge in [0.05, 0.1) is 22.2 Å². The summed E-state index contributed by atoms with van der Waals surface area (Å²) in [7, 11) is 0. The maximum atomic E-state index is 13.2. The number of aryl methyl sites for hydroxylation is 1. The van der Waals surface area contributed by atoms with Gasteiger partial charge in [-0.05, 0) is 65.0 Å². The van der Waals surface area contributed by atoms with Gasteiger partial charge in [-0.15, -0.1) is 0 Å². The van der Waals surface area contributed by atoms with E-state index >= 15 is 0 Å². The van der Waals surface area contributed by atoms with E-state index in [1.54, 1.807) is 0 Å². The van der Waals surface area contributed by atoms with E-state index in [9.17, 15) is 4.79 Å². The summed E-state index contributed by atoms with van der Waals surface area (Å²) in [6.45, 7) is 13.1. The van der Waals surface area contributed by atoms with Crippen molar-refractivity contribution in [1.29, 1.82) is 0 Å². The molecular formula is C21H33N5O. The summed E-state index contributed by atoms with van der Waals surface area (Å²) >= 11 is 0. The predicted octanol–water partition coefficient (Wildman–Crippen LogP) is 3.48. The predicted molar refractivity (Wildman–Crippen MR) is 109 cm³/mol. The molecule has 0 bridgehead atoms. The van der Waals surface area contributed by atoms with Gasteiger partial charge in [0.25, 0.3) is 5.91 Å². The normalized spacial score (nSPS) is 20.6. The molecule has 3 N–H and O–H groups in total. The second-order valence-corrected chi connectivity index (χ2v) is 9.12. The third-order valence-corrected chi connectivity index (χ3v) is 5.58. The Hall–Kier alpha value is -1.95. The lowest BCUT2D eigenvalue weighted by Crippen LogP contribution is -2.40. The molecule has 2 heterocycles. The Balaban J connectivity index is 2.11. The molecule has 2 aromatic heterocycles. The number of carbonyl (C=O) groups is 1. The zero-order valence-electron chi connectivity index (χ0n) is 17.5. The Morgan fingerprint density at radius 2 is 2.07 bits per heavy atom. The molecule has 1 fully saturated rings. The van der Waals surface area contributed by atoms with E-state index < -0.39 is 0 Å². The molecule has 27 heavy (non-hydrogen) atoms. The van der Waals surface area contributed by atoms with Crippen LogP contribution in [0.25, 0.3) is 11.0 Å². The highest BCUT2D eigenvalue weighted by atomic mass is 16.1. The van der Waals surface area contributed by atoms with Gasteiger partial charge in [-0.1, -0.05) is 20.3 Å². The first-order valence-corrected chi connectivity index (χ1v) is 10.0. The topological polar surface area (TPSA) is 85.8 Å². The van der Waals surface area contributed by atoms with Crippen LogP contribution in [-0.2, 0) is 5.54 Å². The van der Waals surface area contributed by atoms with Crippen molar-refractivity contribution in [3.8, 4) is 0 Å². The number of nitrogens with zero attached hydrogens (tertiary/aromatic N) is 3. The second-order valence-electron chi connectivity index (χ2n) is 9.12. The van der Waals surface area contributed by atoms with E-state index in [0.29, 0.717) is 18.0 Å². The Bertz CT molecular complexity index is 846. The minimum atomic E-state index is -0.209. The Morgan fingerprint density at radius 1 is 1.37 bits per heavy atom. The zero-order valence-corrected chi connectivity index (χ0v) is 17.5. The van der Waals surface area contributed by atoms with Crippen molar-refractivity contribution in [3.63, 3.8) is 0 Å². The number of hydrogen-bond donors (Lipinski definition) is 2. The second kappa shape index (κ2) is 7.23. The molecule has 0 spiro atoms. The molecule has 3 rings (SSSR count). The number of nitrogens with one attached hydrogen (secondary N) is 1. The highest BCUT2D eigenvalue weighted by molar-refractivity contribution is 6.06. The van der Waals surface area contributed by atoms with Crippen LogP contribution in [0, 0.1) is 12.8 Å². The highest BCUT2D eigenvalue weighted by Crippen LogP contribution is 2.30. The summed E-state index contributed by atoms with van der Waals surface area (Å²) in [6.07, 6.45) is 3.21. The number of carbonyl (C=O) groups excluding carboxylic acids is 1. The first kappa shape index (κ1) is 19.8. The lowest BCUT2D eigenvalue weighted by Gasteiger charge is -2.21. The van der Waals surface area contributed by atoms with Crippen LogP contribution < -0.4 is 11.1 Å². The number of hydrogen-bond acceptors (Lipinski definition) is 4. The Morgan fingerprint density at radius 3 is 2.67 bits per heavy atom. The minimum Gasteiger partial charge on any atom is -0.349 e. The average molecular weight is 372 g/mol. The van der Waals surface area contributed by atoms with Crippen molar-refractivity contribution in [2.24, 2.45) is 11.7 Å². The smallest absolute Gasteiger partial charge is 0.252 e. The summed E-state index contributed by atoms with van der Waals surface area (Å²) in [4.78, 5) is 18.1. The molecule has 148 valence electrons. The molecular weight excluding hydrogens is 338 g/mol. The van der Waals surface area contributed by atoms with E-state index in [1.165, 1.54) is 0 Å². The van der Waals surface area contributed by atoms with Crippen molar-refractivity contribution >= 4 is 16.9 Å². The van der Waals surface area contributed by atoms with E-state index in [4.69, 9.17) is 15.8 Å². The lowest BCUT2D eigenvalue weighted by atomic mass is 10.0. The van der Waals surface area contributed by atoms with Crippen molar-refractivity contribution in [2.75, 3.05) is 6.54 Å². The van der Waals surface area contributed by atoms with Crippen LogP contribution in [-0.4, -0.2) is 33.3 Å². The first-order chi connectivity index (χ1) is 12.6. The molecule has 6 heteroatoms. The fourth-order valence-corrected chi connectivity index (χ4v) is 4.01.